The number of aryl methyl sites for hydroxylation is 1. The molecule has 1 aromatic heterocycles. The average molecular weight is 449 g/mol. The Bertz CT molecular complexity index is 1340. The third kappa shape index (κ3) is 3.96. The summed E-state index contributed by atoms with van der Waals surface area (Å²) in [5.74, 6) is 0.201. The van der Waals surface area contributed by atoms with Gasteiger partial charge in [0.15, 0.2) is 0 Å². The molecule has 6 nitrogen and oxygen atoms in total. The number of benzene rings is 3. The van der Waals surface area contributed by atoms with Crippen LogP contribution in [0.2, 0.25) is 0 Å². The van der Waals surface area contributed by atoms with Gasteiger partial charge in [0.2, 0.25) is 0 Å². The number of carbonyl (C=O) groups is 1. The Morgan fingerprint density at radius 3 is 2.62 bits per heavy atom. The van der Waals surface area contributed by atoms with E-state index in [0.717, 1.165) is 50.7 Å². The molecule has 164 valence electrons. The van der Waals surface area contributed by atoms with E-state index in [1.807, 2.05) is 30.5 Å². The molecule has 0 aliphatic rings. The summed E-state index contributed by atoms with van der Waals surface area (Å²) in [6, 6.07) is 16.9. The summed E-state index contributed by atoms with van der Waals surface area (Å²) in [7, 11) is 0. The summed E-state index contributed by atoms with van der Waals surface area (Å²) in [6.07, 6.45) is 3.78. The Balaban J connectivity index is 2.06. The van der Waals surface area contributed by atoms with Crippen LogP contribution in [0.5, 0.6) is 5.75 Å². The second-order valence-electron chi connectivity index (χ2n) is 7.66. The molecule has 0 saturated heterocycles. The Hall–Kier alpha value is -3.32. The molecule has 0 N–H and O–H groups in total. The van der Waals surface area contributed by atoms with Crippen molar-refractivity contribution in [3.05, 3.63) is 75.8 Å². The van der Waals surface area contributed by atoms with Crippen molar-refractivity contribution in [2.75, 3.05) is 6.26 Å². The van der Waals surface area contributed by atoms with Gasteiger partial charge in [0.25, 0.3) is 5.69 Å². The highest BCUT2D eigenvalue weighted by molar-refractivity contribution is 7.99. The van der Waals surface area contributed by atoms with Crippen LogP contribution < -0.4 is 4.74 Å². The number of fused-ring (bicyclic) bond motifs is 3. The molecular weight excluding hydrogens is 424 g/mol. The van der Waals surface area contributed by atoms with Gasteiger partial charge in [-0.3, -0.25) is 14.9 Å². The van der Waals surface area contributed by atoms with Crippen molar-refractivity contribution in [2.24, 2.45) is 0 Å². The van der Waals surface area contributed by atoms with Crippen molar-refractivity contribution in [3.63, 3.8) is 0 Å². The van der Waals surface area contributed by atoms with E-state index in [0.29, 0.717) is 12.3 Å². The number of nitrogens with zero attached hydrogens (tertiary/aromatic N) is 2. The Labute approximate surface area is 190 Å². The fourth-order valence-corrected chi connectivity index (χ4v) is 4.99. The lowest BCUT2D eigenvalue weighted by atomic mass is 10.0. The van der Waals surface area contributed by atoms with Crippen LogP contribution in [0.3, 0.4) is 0 Å². The maximum atomic E-state index is 11.8. The molecule has 0 spiro atoms. The monoisotopic (exact) mass is 448 g/mol. The minimum atomic E-state index is -0.374. The highest BCUT2D eigenvalue weighted by Gasteiger charge is 2.22. The largest absolute Gasteiger partial charge is 0.425 e. The molecule has 0 atom stereocenters. The average Bonchev–Trinajstić information content (AvgIpc) is 3.08. The van der Waals surface area contributed by atoms with E-state index in [1.54, 1.807) is 12.1 Å². The summed E-state index contributed by atoms with van der Waals surface area (Å²) in [4.78, 5) is 23.6. The van der Waals surface area contributed by atoms with Crippen molar-refractivity contribution in [1.29, 1.82) is 0 Å². The number of non-ortho nitro benzene ring substituents is 1. The van der Waals surface area contributed by atoms with Crippen molar-refractivity contribution in [3.8, 4) is 5.75 Å². The molecular formula is C25H24N2O4S. The first-order valence-electron chi connectivity index (χ1n) is 10.5. The summed E-state index contributed by atoms with van der Waals surface area (Å²) >= 11 is 1.54. The van der Waals surface area contributed by atoms with Gasteiger partial charge in [-0.25, -0.2) is 0 Å². The Morgan fingerprint density at radius 1 is 1.16 bits per heavy atom. The third-order valence-corrected chi connectivity index (χ3v) is 6.28. The van der Waals surface area contributed by atoms with Gasteiger partial charge in [0.05, 0.1) is 15.3 Å². The second-order valence-corrected chi connectivity index (χ2v) is 8.48. The molecule has 4 aromatic rings. The number of carbonyl (C=O) groups excluding carboxylic acids is 1. The van der Waals surface area contributed by atoms with Gasteiger partial charge in [-0.2, -0.15) is 0 Å². The minimum absolute atomic E-state index is 0.0700. The van der Waals surface area contributed by atoms with Gasteiger partial charge in [0, 0.05) is 41.9 Å². The van der Waals surface area contributed by atoms with Gasteiger partial charge >= 0.3 is 5.97 Å². The van der Waals surface area contributed by atoms with E-state index in [2.05, 4.69) is 23.6 Å². The van der Waals surface area contributed by atoms with E-state index in [1.165, 1.54) is 24.8 Å². The van der Waals surface area contributed by atoms with Gasteiger partial charge in [-0.05, 0) is 35.9 Å². The molecule has 0 aliphatic heterocycles. The van der Waals surface area contributed by atoms with Crippen LogP contribution in [0.1, 0.15) is 31.4 Å². The number of nitro benzene ring substituents is 1. The topological polar surface area (TPSA) is 74.4 Å². The number of rotatable bonds is 7. The quantitative estimate of drug-likeness (QED) is 0.108. The number of ether oxygens (including phenoxy) is 1. The van der Waals surface area contributed by atoms with Crippen LogP contribution in [-0.4, -0.2) is 21.7 Å². The van der Waals surface area contributed by atoms with Crippen LogP contribution in [0.15, 0.2) is 59.5 Å². The lowest BCUT2D eigenvalue weighted by Gasteiger charge is -2.15. The summed E-state index contributed by atoms with van der Waals surface area (Å²) in [5.41, 5.74) is 4.07. The molecule has 0 radical (unpaired) electrons. The Kier molecular flexibility index (Phi) is 6.19. The summed E-state index contributed by atoms with van der Waals surface area (Å²) < 4.78 is 7.80. The molecule has 0 saturated carbocycles. The fourth-order valence-electron chi connectivity index (χ4n) is 4.29. The van der Waals surface area contributed by atoms with Gasteiger partial charge in [-0.1, -0.05) is 43.7 Å². The lowest BCUT2D eigenvalue weighted by Crippen LogP contribution is -2.06. The zero-order valence-electron chi connectivity index (χ0n) is 18.3. The lowest BCUT2D eigenvalue weighted by molar-refractivity contribution is -0.384. The number of aromatic nitrogens is 1. The van der Waals surface area contributed by atoms with E-state index in [9.17, 15) is 14.9 Å². The molecule has 0 bridgehead atoms. The van der Waals surface area contributed by atoms with Crippen molar-refractivity contribution >= 4 is 45.2 Å². The van der Waals surface area contributed by atoms with E-state index < -0.39 is 0 Å². The van der Waals surface area contributed by atoms with Crippen LogP contribution in [0, 0.1) is 10.1 Å². The molecule has 32 heavy (non-hydrogen) atoms. The standard InChI is InChI=1S/C25H24N2O4S/c1-4-8-18-14-22(31-16(2)28)25(32-3)24-23(18)20-11-5-6-12-21(20)26(24)15-17-9-7-10-19(13-17)27(29)30/h5-7,9-14H,4,8,15H2,1-3H3. The second kappa shape index (κ2) is 9.04. The van der Waals surface area contributed by atoms with Crippen LogP contribution >= 0.6 is 11.8 Å². The number of esters is 1. The van der Waals surface area contributed by atoms with Crippen LogP contribution in [-0.2, 0) is 17.8 Å². The molecule has 0 unspecified atom stereocenters. The highest BCUT2D eigenvalue weighted by atomic mass is 32.2. The van der Waals surface area contributed by atoms with Crippen molar-refractivity contribution < 1.29 is 14.5 Å². The van der Waals surface area contributed by atoms with E-state index >= 15 is 0 Å². The number of para-hydroxylation sites is 1. The van der Waals surface area contributed by atoms with Crippen LogP contribution in [0.25, 0.3) is 21.8 Å². The maximum absolute atomic E-state index is 11.8. The van der Waals surface area contributed by atoms with E-state index in [-0.39, 0.29) is 16.6 Å². The third-order valence-electron chi connectivity index (χ3n) is 5.48. The molecule has 1 heterocycles. The minimum Gasteiger partial charge on any atom is -0.425 e. The van der Waals surface area contributed by atoms with E-state index in [4.69, 9.17) is 4.74 Å². The number of hydrogen-bond donors (Lipinski definition) is 0. The molecule has 4 rings (SSSR count). The summed E-state index contributed by atoms with van der Waals surface area (Å²) in [6.45, 7) is 4.00. The normalized spacial score (nSPS) is 11.2. The van der Waals surface area contributed by atoms with Gasteiger partial charge in [0.1, 0.15) is 5.75 Å². The van der Waals surface area contributed by atoms with Crippen LogP contribution in [0.4, 0.5) is 5.69 Å². The zero-order valence-corrected chi connectivity index (χ0v) is 19.1. The first kappa shape index (κ1) is 21.9. The SMILES string of the molecule is CCCc1cc(OC(C)=O)c(SC)c2c1c1ccccc1n2Cc1cccc([N+](=O)[O-])c1. The zero-order chi connectivity index (χ0) is 22.8. The number of hydrogen-bond acceptors (Lipinski definition) is 5. The number of nitro groups is 1. The molecule has 0 aliphatic carbocycles. The summed E-state index contributed by atoms with van der Waals surface area (Å²) in [5, 5.41) is 13.6. The predicted molar refractivity (Wildman–Crippen MR) is 129 cm³/mol. The first-order chi connectivity index (χ1) is 15.4. The first-order valence-corrected chi connectivity index (χ1v) is 11.7. The fraction of sp³-hybridized carbons (Fsp3) is 0.240. The number of thioether (sulfide) groups is 1. The van der Waals surface area contributed by atoms with Gasteiger partial charge in [-0.15, -0.1) is 11.8 Å². The predicted octanol–water partition coefficient (Wildman–Crippen LogP) is 6.35. The molecule has 7 heteroatoms. The van der Waals surface area contributed by atoms with Crippen molar-refractivity contribution in [1.82, 2.24) is 4.57 Å². The van der Waals surface area contributed by atoms with Gasteiger partial charge < -0.3 is 9.30 Å². The Morgan fingerprint density at radius 2 is 1.94 bits per heavy atom. The van der Waals surface area contributed by atoms with Crippen molar-refractivity contribution in [2.45, 2.75) is 38.1 Å². The maximum Gasteiger partial charge on any atom is 0.308 e. The molecule has 0 fully saturated rings. The molecule has 0 amide bonds. The smallest absolute Gasteiger partial charge is 0.308 e. The molecule has 3 aromatic carbocycles. The highest BCUT2D eigenvalue weighted by Crippen LogP contribution is 2.43.